The minimum absolute atomic E-state index is 0.0280. The quantitative estimate of drug-likeness (QED) is 0.457. The van der Waals surface area contributed by atoms with Gasteiger partial charge in [0.25, 0.3) is 0 Å². The van der Waals surface area contributed by atoms with Crippen molar-refractivity contribution in [2.24, 2.45) is 0 Å². The maximum atomic E-state index is 14.6. The molecule has 5 heteroatoms. The molecule has 0 aliphatic heterocycles. The number of rotatable bonds is 8. The number of unbranched alkanes of at least 4 members (excludes halogenated alkanes) is 2. The zero-order chi connectivity index (χ0) is 18.4. The van der Waals surface area contributed by atoms with Gasteiger partial charge in [0.2, 0.25) is 5.82 Å². The first-order chi connectivity index (χ1) is 12.0. The minimum atomic E-state index is -1.14. The molecule has 0 N–H and O–H groups in total. The van der Waals surface area contributed by atoms with Gasteiger partial charge in [-0.3, -0.25) is 0 Å². The average molecular weight is 371 g/mol. The molecule has 0 aromatic heterocycles. The molecule has 0 unspecified atom stereocenters. The molecule has 2 aromatic carbocycles. The van der Waals surface area contributed by atoms with Crippen LogP contribution in [-0.4, -0.2) is 6.61 Å². The van der Waals surface area contributed by atoms with Gasteiger partial charge >= 0.3 is 0 Å². The van der Waals surface area contributed by atoms with Crippen molar-refractivity contribution in [3.63, 3.8) is 0 Å². The maximum Gasteiger partial charge on any atom is 0.201 e. The molecule has 0 fully saturated rings. The third-order valence-corrected chi connectivity index (χ3v) is 4.42. The van der Waals surface area contributed by atoms with E-state index >= 15 is 0 Å². The van der Waals surface area contributed by atoms with Gasteiger partial charge in [0.05, 0.1) is 11.6 Å². The van der Waals surface area contributed by atoms with Crippen molar-refractivity contribution >= 4 is 11.6 Å². The van der Waals surface area contributed by atoms with Crippen LogP contribution in [0.2, 0.25) is 5.02 Å². The van der Waals surface area contributed by atoms with Gasteiger partial charge < -0.3 is 4.74 Å². The zero-order valence-electron chi connectivity index (χ0n) is 14.5. The molecule has 0 amide bonds. The monoisotopic (exact) mass is 370 g/mol. The molecule has 0 bridgehead atoms. The lowest BCUT2D eigenvalue weighted by Crippen LogP contribution is -2.01. The van der Waals surface area contributed by atoms with Crippen LogP contribution in [0.4, 0.5) is 13.2 Å². The number of hydrogen-bond donors (Lipinski definition) is 0. The summed E-state index contributed by atoms with van der Waals surface area (Å²) in [7, 11) is 0. The Morgan fingerprint density at radius 2 is 1.52 bits per heavy atom. The summed E-state index contributed by atoms with van der Waals surface area (Å²) >= 11 is 6.10. The molecule has 0 saturated carbocycles. The van der Waals surface area contributed by atoms with Crippen molar-refractivity contribution in [1.82, 2.24) is 0 Å². The van der Waals surface area contributed by atoms with Crippen LogP contribution < -0.4 is 4.74 Å². The smallest absolute Gasteiger partial charge is 0.201 e. The second kappa shape index (κ2) is 9.14. The van der Waals surface area contributed by atoms with E-state index in [4.69, 9.17) is 16.3 Å². The first kappa shape index (κ1) is 19.6. The van der Waals surface area contributed by atoms with E-state index in [0.29, 0.717) is 18.4 Å². The van der Waals surface area contributed by atoms with E-state index in [0.717, 1.165) is 19.3 Å². The second-order valence-corrected chi connectivity index (χ2v) is 6.32. The second-order valence-electron chi connectivity index (χ2n) is 5.95. The summed E-state index contributed by atoms with van der Waals surface area (Å²) in [4.78, 5) is 0. The van der Waals surface area contributed by atoms with E-state index in [2.05, 4.69) is 6.92 Å². The highest BCUT2D eigenvalue weighted by atomic mass is 35.5. The number of benzene rings is 2. The Labute approximate surface area is 151 Å². The summed E-state index contributed by atoms with van der Waals surface area (Å²) in [5, 5.41) is -0.0280. The molecule has 25 heavy (non-hydrogen) atoms. The predicted octanol–water partition coefficient (Wildman–Crippen LogP) is 6.95. The lowest BCUT2D eigenvalue weighted by Gasteiger charge is -2.13. The van der Waals surface area contributed by atoms with E-state index < -0.39 is 17.5 Å². The van der Waals surface area contributed by atoms with Gasteiger partial charge in [-0.1, -0.05) is 50.4 Å². The SMILES string of the molecule is CCCCCc1ccc(-c2ccc(OCCC)c(F)c2F)c(F)c1Cl. The molecule has 0 radical (unpaired) electrons. The summed E-state index contributed by atoms with van der Waals surface area (Å²) < 4.78 is 48.3. The Morgan fingerprint density at radius 3 is 2.20 bits per heavy atom. The van der Waals surface area contributed by atoms with Gasteiger partial charge in [-0.15, -0.1) is 0 Å². The number of halogens is 4. The average Bonchev–Trinajstić information content (AvgIpc) is 2.61. The molecule has 136 valence electrons. The fourth-order valence-electron chi connectivity index (χ4n) is 2.62. The van der Waals surface area contributed by atoms with Crippen molar-refractivity contribution < 1.29 is 17.9 Å². The molecule has 1 nitrogen and oxygen atoms in total. The van der Waals surface area contributed by atoms with Crippen molar-refractivity contribution in [2.75, 3.05) is 6.61 Å². The van der Waals surface area contributed by atoms with E-state index in [1.807, 2.05) is 6.92 Å². The molecule has 0 aliphatic carbocycles. The largest absolute Gasteiger partial charge is 0.490 e. The van der Waals surface area contributed by atoms with Crippen LogP contribution in [0, 0.1) is 17.5 Å². The Bertz CT molecular complexity index is 731. The van der Waals surface area contributed by atoms with Gasteiger partial charge in [0, 0.05) is 11.1 Å². The summed E-state index contributed by atoms with van der Waals surface area (Å²) in [6.07, 6.45) is 4.31. The molecule has 0 spiro atoms. The fraction of sp³-hybridized carbons (Fsp3) is 0.400. The first-order valence-corrected chi connectivity index (χ1v) is 8.97. The third-order valence-electron chi connectivity index (χ3n) is 4.01. The predicted molar refractivity (Wildman–Crippen MR) is 95.8 cm³/mol. The maximum absolute atomic E-state index is 14.6. The highest BCUT2D eigenvalue weighted by molar-refractivity contribution is 6.31. The van der Waals surface area contributed by atoms with Crippen molar-refractivity contribution in [3.05, 3.63) is 52.3 Å². The van der Waals surface area contributed by atoms with E-state index in [-0.39, 0.29) is 28.5 Å². The zero-order valence-corrected chi connectivity index (χ0v) is 15.2. The first-order valence-electron chi connectivity index (χ1n) is 8.59. The Morgan fingerprint density at radius 1 is 0.840 bits per heavy atom. The summed E-state index contributed by atoms with van der Waals surface area (Å²) in [6, 6.07) is 5.75. The molecule has 2 aromatic rings. The molecule has 0 atom stereocenters. The highest BCUT2D eigenvalue weighted by Gasteiger charge is 2.20. The molecular formula is C20H22ClF3O. The lowest BCUT2D eigenvalue weighted by atomic mass is 9.99. The van der Waals surface area contributed by atoms with Gasteiger partial charge in [-0.2, -0.15) is 4.39 Å². The van der Waals surface area contributed by atoms with Crippen molar-refractivity contribution in [1.29, 1.82) is 0 Å². The van der Waals surface area contributed by atoms with Crippen LogP contribution in [0.5, 0.6) is 5.75 Å². The topological polar surface area (TPSA) is 9.23 Å². The van der Waals surface area contributed by atoms with E-state index in [1.54, 1.807) is 6.07 Å². The van der Waals surface area contributed by atoms with Crippen LogP contribution in [0.3, 0.4) is 0 Å². The molecule has 0 aliphatic rings. The Hall–Kier alpha value is -1.68. The van der Waals surface area contributed by atoms with E-state index in [9.17, 15) is 13.2 Å². The van der Waals surface area contributed by atoms with Gasteiger partial charge in [-0.25, -0.2) is 8.78 Å². The third kappa shape index (κ3) is 4.49. The van der Waals surface area contributed by atoms with Crippen molar-refractivity contribution in [2.45, 2.75) is 46.0 Å². The highest BCUT2D eigenvalue weighted by Crippen LogP contribution is 2.35. The summed E-state index contributed by atoms with van der Waals surface area (Å²) in [6.45, 7) is 4.22. The molecule has 0 heterocycles. The van der Waals surface area contributed by atoms with Crippen LogP contribution >= 0.6 is 11.6 Å². The van der Waals surface area contributed by atoms with Crippen LogP contribution in [0.15, 0.2) is 24.3 Å². The fourth-order valence-corrected chi connectivity index (χ4v) is 2.88. The number of aryl methyl sites for hydroxylation is 1. The number of ether oxygens (including phenoxy) is 1. The van der Waals surface area contributed by atoms with Crippen LogP contribution in [0.25, 0.3) is 11.1 Å². The lowest BCUT2D eigenvalue weighted by molar-refractivity contribution is 0.295. The Balaban J connectivity index is 2.35. The summed E-state index contributed by atoms with van der Waals surface area (Å²) in [5.41, 5.74) is 0.462. The molecular weight excluding hydrogens is 349 g/mol. The number of hydrogen-bond acceptors (Lipinski definition) is 1. The van der Waals surface area contributed by atoms with Crippen LogP contribution in [0.1, 0.15) is 45.1 Å². The normalized spacial score (nSPS) is 11.0. The minimum Gasteiger partial charge on any atom is -0.490 e. The van der Waals surface area contributed by atoms with Gasteiger partial charge in [0.1, 0.15) is 5.82 Å². The summed E-state index contributed by atoms with van der Waals surface area (Å²) in [5.74, 6) is -3.15. The molecule has 0 saturated heterocycles. The van der Waals surface area contributed by atoms with E-state index in [1.165, 1.54) is 18.2 Å². The van der Waals surface area contributed by atoms with Gasteiger partial charge in [0.15, 0.2) is 11.6 Å². The molecule has 2 rings (SSSR count). The standard InChI is InChI=1S/C20H22ClF3O/c1-3-5-6-7-13-8-9-14(18(22)17(13)21)15-10-11-16(25-12-4-2)20(24)19(15)23/h8-11H,3-7,12H2,1-2H3. The van der Waals surface area contributed by atoms with Gasteiger partial charge in [-0.05, 0) is 37.0 Å². The Kier molecular flexibility index (Phi) is 7.18. The van der Waals surface area contributed by atoms with Crippen molar-refractivity contribution in [3.8, 4) is 16.9 Å². The van der Waals surface area contributed by atoms with Crippen LogP contribution in [-0.2, 0) is 6.42 Å².